The first-order chi connectivity index (χ1) is 20.1. The third kappa shape index (κ3) is 9.97. The molecule has 0 aliphatic carbocycles. The summed E-state index contributed by atoms with van der Waals surface area (Å²) in [6.45, 7) is 3.19. The Labute approximate surface area is 263 Å². The molecule has 1 atom stereocenters. The van der Waals surface area contributed by atoms with Crippen molar-refractivity contribution in [3.63, 3.8) is 0 Å². The second-order valence-corrected chi connectivity index (χ2v) is 13.7. The van der Waals surface area contributed by atoms with Gasteiger partial charge in [0.05, 0.1) is 22.5 Å². The largest absolute Gasteiger partial charge is 0.416 e. The number of carbonyl (C=O) groups is 2. The predicted octanol–water partition coefficient (Wildman–Crippen LogP) is 6.30. The summed E-state index contributed by atoms with van der Waals surface area (Å²) >= 11 is 9.58. The third-order valence-electron chi connectivity index (χ3n) is 6.42. The Morgan fingerprint density at radius 2 is 1.63 bits per heavy atom. The Bertz CT molecular complexity index is 1540. The van der Waals surface area contributed by atoms with E-state index in [1.54, 1.807) is 48.5 Å². The molecular formula is C30H32BrClF3N3O4S. The van der Waals surface area contributed by atoms with Gasteiger partial charge in [0.2, 0.25) is 21.8 Å². The first-order valence-electron chi connectivity index (χ1n) is 13.3. The minimum atomic E-state index is -4.78. The molecule has 0 saturated heterocycles. The zero-order valence-corrected chi connectivity index (χ0v) is 26.9. The normalized spacial score (nSPS) is 12.6. The lowest BCUT2D eigenvalue weighted by Gasteiger charge is -2.34. The number of nitrogens with one attached hydrogen (secondary N) is 1. The van der Waals surface area contributed by atoms with E-state index in [0.29, 0.717) is 22.5 Å². The van der Waals surface area contributed by atoms with Crippen molar-refractivity contribution in [3.8, 4) is 0 Å². The maximum Gasteiger partial charge on any atom is 0.416 e. The van der Waals surface area contributed by atoms with Crippen LogP contribution >= 0.6 is 27.5 Å². The van der Waals surface area contributed by atoms with Crippen molar-refractivity contribution in [3.05, 3.63) is 99.0 Å². The molecule has 232 valence electrons. The van der Waals surface area contributed by atoms with E-state index in [9.17, 15) is 31.2 Å². The lowest BCUT2D eigenvalue weighted by atomic mass is 10.0. The standard InChI is InChI=1S/C30H32BrClF3N3O4S/c1-20(2)17-36-29(40)27(15-21-8-5-4-6-9-21)37(18-22-10-7-11-24(31)14-22)28(39)19-38(43(3,41)42)26-16-23(30(33,34)35)12-13-25(26)32/h4-14,16,20,27H,15,17-19H2,1-3H3,(H,36,40). The third-order valence-corrected chi connectivity index (χ3v) is 8.36. The number of nitrogens with zero attached hydrogens (tertiary/aromatic N) is 2. The van der Waals surface area contributed by atoms with E-state index in [1.165, 1.54) is 4.90 Å². The van der Waals surface area contributed by atoms with Crippen LogP contribution in [0.1, 0.15) is 30.5 Å². The first kappa shape index (κ1) is 34.4. The summed E-state index contributed by atoms with van der Waals surface area (Å²) < 4.78 is 67.6. The molecule has 3 aromatic rings. The summed E-state index contributed by atoms with van der Waals surface area (Å²) in [6.07, 6.45) is -3.91. The molecule has 0 heterocycles. The van der Waals surface area contributed by atoms with Crippen molar-refractivity contribution in [1.29, 1.82) is 0 Å². The average molecular weight is 703 g/mol. The van der Waals surface area contributed by atoms with E-state index in [2.05, 4.69) is 21.2 Å². The molecule has 3 rings (SSSR count). The van der Waals surface area contributed by atoms with Gasteiger partial charge in [-0.05, 0) is 47.4 Å². The smallest absolute Gasteiger partial charge is 0.354 e. The number of benzene rings is 3. The molecule has 0 bridgehead atoms. The van der Waals surface area contributed by atoms with Crippen LogP contribution < -0.4 is 9.62 Å². The fraction of sp³-hybridized carbons (Fsp3) is 0.333. The second kappa shape index (κ2) is 14.6. The highest BCUT2D eigenvalue weighted by molar-refractivity contribution is 9.10. The Balaban J connectivity index is 2.11. The number of halogens is 5. The van der Waals surface area contributed by atoms with Crippen LogP contribution in [-0.2, 0) is 38.8 Å². The van der Waals surface area contributed by atoms with E-state index in [0.717, 1.165) is 28.4 Å². The van der Waals surface area contributed by atoms with Gasteiger partial charge in [0, 0.05) is 24.0 Å². The minimum absolute atomic E-state index is 0.0845. The molecule has 1 N–H and O–H groups in total. The highest BCUT2D eigenvalue weighted by Crippen LogP contribution is 2.36. The van der Waals surface area contributed by atoms with Crippen molar-refractivity contribution in [2.45, 2.75) is 39.0 Å². The van der Waals surface area contributed by atoms with Crippen LogP contribution in [-0.4, -0.2) is 50.5 Å². The first-order valence-corrected chi connectivity index (χ1v) is 16.3. The Morgan fingerprint density at radius 1 is 0.977 bits per heavy atom. The summed E-state index contributed by atoms with van der Waals surface area (Å²) in [5.41, 5.74) is -0.242. The molecule has 13 heteroatoms. The number of alkyl halides is 3. The lowest BCUT2D eigenvalue weighted by molar-refractivity contribution is -0.140. The molecule has 0 fully saturated rings. The van der Waals surface area contributed by atoms with E-state index in [1.807, 2.05) is 19.9 Å². The molecule has 0 radical (unpaired) electrons. The van der Waals surface area contributed by atoms with Crippen LogP contribution in [0.5, 0.6) is 0 Å². The quantitative estimate of drug-likeness (QED) is 0.240. The van der Waals surface area contributed by atoms with Gasteiger partial charge in [-0.1, -0.05) is 83.8 Å². The number of hydrogen-bond donors (Lipinski definition) is 1. The number of amides is 2. The Hall–Kier alpha value is -3.09. The number of rotatable bonds is 12. The van der Waals surface area contributed by atoms with Crippen molar-refractivity contribution in [2.75, 3.05) is 23.7 Å². The molecule has 0 aromatic heterocycles. The molecule has 0 aliphatic rings. The molecule has 0 saturated carbocycles. The summed E-state index contributed by atoms with van der Waals surface area (Å²) in [5.74, 6) is -1.15. The molecular weight excluding hydrogens is 671 g/mol. The fourth-order valence-electron chi connectivity index (χ4n) is 4.28. The predicted molar refractivity (Wildman–Crippen MR) is 165 cm³/mol. The molecule has 3 aromatic carbocycles. The summed E-state index contributed by atoms with van der Waals surface area (Å²) in [6, 6.07) is 17.2. The van der Waals surface area contributed by atoms with Crippen molar-refractivity contribution in [1.82, 2.24) is 10.2 Å². The van der Waals surface area contributed by atoms with Gasteiger partial charge in [0.25, 0.3) is 0 Å². The van der Waals surface area contributed by atoms with E-state index in [4.69, 9.17) is 11.6 Å². The Morgan fingerprint density at radius 3 is 2.21 bits per heavy atom. The van der Waals surface area contributed by atoms with Crippen molar-refractivity contribution >= 4 is 55.1 Å². The monoisotopic (exact) mass is 701 g/mol. The average Bonchev–Trinajstić information content (AvgIpc) is 2.92. The zero-order chi connectivity index (χ0) is 31.9. The van der Waals surface area contributed by atoms with Gasteiger partial charge in [0.15, 0.2) is 0 Å². The highest BCUT2D eigenvalue weighted by atomic mass is 79.9. The summed E-state index contributed by atoms with van der Waals surface area (Å²) in [4.78, 5) is 29.0. The van der Waals surface area contributed by atoms with Crippen LogP contribution in [0.15, 0.2) is 77.3 Å². The van der Waals surface area contributed by atoms with Gasteiger partial charge >= 0.3 is 6.18 Å². The zero-order valence-electron chi connectivity index (χ0n) is 23.7. The van der Waals surface area contributed by atoms with Gasteiger partial charge < -0.3 is 10.2 Å². The van der Waals surface area contributed by atoms with Gasteiger partial charge in [-0.25, -0.2) is 8.42 Å². The molecule has 43 heavy (non-hydrogen) atoms. The maximum absolute atomic E-state index is 14.1. The van der Waals surface area contributed by atoms with E-state index in [-0.39, 0.29) is 23.9 Å². The molecule has 1 unspecified atom stereocenters. The Kier molecular flexibility index (Phi) is 11.7. The van der Waals surface area contributed by atoms with Crippen molar-refractivity contribution in [2.24, 2.45) is 5.92 Å². The topological polar surface area (TPSA) is 86.8 Å². The molecule has 0 aliphatic heterocycles. The van der Waals surface area contributed by atoms with Crippen LogP contribution in [0.3, 0.4) is 0 Å². The van der Waals surface area contributed by atoms with Crippen LogP contribution in [0.2, 0.25) is 5.02 Å². The molecule has 2 amide bonds. The summed E-state index contributed by atoms with van der Waals surface area (Å²) in [7, 11) is -4.31. The van der Waals surface area contributed by atoms with Gasteiger partial charge in [0.1, 0.15) is 12.6 Å². The van der Waals surface area contributed by atoms with Crippen LogP contribution in [0, 0.1) is 5.92 Å². The summed E-state index contributed by atoms with van der Waals surface area (Å²) in [5, 5.41) is 2.57. The highest BCUT2D eigenvalue weighted by Gasteiger charge is 2.36. The molecule has 0 spiro atoms. The van der Waals surface area contributed by atoms with E-state index < -0.39 is 51.9 Å². The van der Waals surface area contributed by atoms with Crippen LogP contribution in [0.25, 0.3) is 0 Å². The fourth-order valence-corrected chi connectivity index (χ4v) is 5.85. The van der Waals surface area contributed by atoms with Gasteiger partial charge in [-0.15, -0.1) is 0 Å². The van der Waals surface area contributed by atoms with Crippen molar-refractivity contribution < 1.29 is 31.2 Å². The number of hydrogen-bond acceptors (Lipinski definition) is 4. The van der Waals surface area contributed by atoms with Gasteiger partial charge in [-0.3, -0.25) is 13.9 Å². The van der Waals surface area contributed by atoms with Gasteiger partial charge in [-0.2, -0.15) is 13.2 Å². The second-order valence-electron chi connectivity index (χ2n) is 10.4. The van der Waals surface area contributed by atoms with Crippen LogP contribution in [0.4, 0.5) is 18.9 Å². The van der Waals surface area contributed by atoms with E-state index >= 15 is 0 Å². The SMILES string of the molecule is CC(C)CNC(=O)C(Cc1ccccc1)N(Cc1cccc(Br)c1)C(=O)CN(c1cc(C(F)(F)F)ccc1Cl)S(C)(=O)=O. The maximum atomic E-state index is 14.1. The minimum Gasteiger partial charge on any atom is -0.354 e. The number of anilines is 1. The number of carbonyl (C=O) groups excluding carboxylic acids is 2. The lowest BCUT2D eigenvalue weighted by Crippen LogP contribution is -2.53. The molecule has 7 nitrogen and oxygen atoms in total. The number of sulfonamides is 1.